The minimum Gasteiger partial charge on any atom is -0.466 e. The van der Waals surface area contributed by atoms with Crippen LogP contribution in [0.5, 0.6) is 0 Å². The van der Waals surface area contributed by atoms with Gasteiger partial charge in [-0.2, -0.15) is 0 Å². The first kappa shape index (κ1) is 89.6. The zero-order valence-electron chi connectivity index (χ0n) is 62.4. The smallest absolute Gasteiger partial charge is 0.305 e. The summed E-state index contributed by atoms with van der Waals surface area (Å²) in [5, 5.41) is 23.5. The topological polar surface area (TPSA) is 95.9 Å². The van der Waals surface area contributed by atoms with E-state index in [9.17, 15) is 19.8 Å². The Bertz CT molecular complexity index is 1380. The summed E-state index contributed by atoms with van der Waals surface area (Å²) in [5.74, 6) is 0.000866. The van der Waals surface area contributed by atoms with Crippen molar-refractivity contribution in [3.63, 3.8) is 0 Å². The van der Waals surface area contributed by atoms with Crippen LogP contribution in [-0.2, 0) is 14.3 Å². The number of ether oxygens (including phenoxy) is 1. The number of carbonyl (C=O) groups is 2. The number of allylic oxidation sites excluding steroid dienone is 2. The van der Waals surface area contributed by atoms with Crippen molar-refractivity contribution in [1.29, 1.82) is 0 Å². The van der Waals surface area contributed by atoms with E-state index >= 15 is 0 Å². The third-order valence-corrected chi connectivity index (χ3v) is 20.3. The van der Waals surface area contributed by atoms with E-state index in [0.29, 0.717) is 25.9 Å². The largest absolute Gasteiger partial charge is 0.466 e. The maximum absolute atomic E-state index is 12.6. The number of rotatable bonds is 81. The van der Waals surface area contributed by atoms with Gasteiger partial charge in [-0.3, -0.25) is 9.59 Å². The van der Waals surface area contributed by atoms with Crippen molar-refractivity contribution in [3.05, 3.63) is 12.2 Å². The van der Waals surface area contributed by atoms with E-state index in [0.717, 1.165) is 38.5 Å². The van der Waals surface area contributed by atoms with E-state index in [1.807, 2.05) is 0 Å². The molecule has 0 aromatic heterocycles. The summed E-state index contributed by atoms with van der Waals surface area (Å²) in [5.41, 5.74) is 0. The highest BCUT2D eigenvalue weighted by Gasteiger charge is 2.20. The molecule has 1 amide bonds. The first-order valence-electron chi connectivity index (χ1n) is 42.4. The Kier molecular flexibility index (Phi) is 79.8. The summed E-state index contributed by atoms with van der Waals surface area (Å²) < 4.78 is 5.52. The highest BCUT2D eigenvalue weighted by Crippen LogP contribution is 2.21. The van der Waals surface area contributed by atoms with Crippen LogP contribution in [0.2, 0.25) is 0 Å². The van der Waals surface area contributed by atoms with Crippen LogP contribution < -0.4 is 5.32 Å². The van der Waals surface area contributed by atoms with Crippen molar-refractivity contribution in [3.8, 4) is 0 Å². The molecule has 2 atom stereocenters. The van der Waals surface area contributed by atoms with Gasteiger partial charge in [-0.05, 0) is 51.4 Å². The van der Waals surface area contributed by atoms with Crippen LogP contribution in [-0.4, -0.2) is 47.4 Å². The van der Waals surface area contributed by atoms with Crippen LogP contribution in [0.4, 0.5) is 0 Å². The number of hydrogen-bond donors (Lipinski definition) is 3. The normalized spacial score (nSPS) is 12.4. The molecule has 6 nitrogen and oxygen atoms in total. The monoisotopic (exact) mass is 1280 g/mol. The standard InChI is InChI=1S/C85H167NO5/c1-3-5-7-9-11-13-15-17-19-21-23-42-45-49-53-57-61-65-69-73-77-83(88)82(81-87)86-84(89)78-74-70-66-62-58-54-50-46-43-39-37-35-33-31-29-27-25-24-26-28-30-32-34-36-38-40-44-48-52-56-60-64-68-72-76-80-91-85(90)79-75-71-67-63-59-55-51-47-41-22-20-18-16-14-12-10-8-6-4-2/h26,28,82-83,87-88H,3-25,27,29-81H2,1-2H3,(H,86,89)/b28-26-. The molecule has 0 heterocycles. The molecular formula is C85H167NO5. The molecule has 0 aliphatic rings. The third-order valence-electron chi connectivity index (χ3n) is 20.3. The number of nitrogens with one attached hydrogen (secondary N) is 1. The Labute approximate surface area is 571 Å². The SMILES string of the molecule is CCCCCCCCCCCCCCCCCCCCCCC(O)C(CO)NC(=O)CCCCCCCCCCCCCCCCCCC/C=C\CCCCCCCCCCCCCCCCOC(=O)CCCCCCCCCCCCCCCCCCCCC. The Morgan fingerprint density at radius 2 is 0.516 bits per heavy atom. The fraction of sp³-hybridized carbons (Fsp3) is 0.953. The van der Waals surface area contributed by atoms with Crippen LogP contribution >= 0.6 is 0 Å². The summed E-state index contributed by atoms with van der Waals surface area (Å²) in [6, 6.07) is -0.539. The van der Waals surface area contributed by atoms with Gasteiger partial charge in [0, 0.05) is 12.8 Å². The molecule has 0 spiro atoms. The molecule has 0 fully saturated rings. The van der Waals surface area contributed by atoms with Crippen LogP contribution in [0.25, 0.3) is 0 Å². The fourth-order valence-corrected chi connectivity index (χ4v) is 13.9. The number of aliphatic hydroxyl groups is 2. The number of amides is 1. The van der Waals surface area contributed by atoms with Gasteiger partial charge >= 0.3 is 5.97 Å². The maximum Gasteiger partial charge on any atom is 0.305 e. The van der Waals surface area contributed by atoms with Crippen molar-refractivity contribution >= 4 is 11.9 Å². The molecule has 6 heteroatoms. The van der Waals surface area contributed by atoms with Crippen LogP contribution in [0.3, 0.4) is 0 Å². The van der Waals surface area contributed by atoms with Crippen molar-refractivity contribution in [2.75, 3.05) is 13.2 Å². The summed E-state index contributed by atoms with van der Waals surface area (Å²) in [6.45, 7) is 5.02. The van der Waals surface area contributed by atoms with Crippen molar-refractivity contribution < 1.29 is 24.5 Å². The maximum atomic E-state index is 12.6. The summed E-state index contributed by atoms with van der Waals surface area (Å²) >= 11 is 0. The molecule has 0 aliphatic carbocycles. The Balaban J connectivity index is 3.32. The summed E-state index contributed by atoms with van der Waals surface area (Å²) in [4.78, 5) is 24.7. The predicted octanol–water partition coefficient (Wildman–Crippen LogP) is 28.2. The Hall–Kier alpha value is -1.40. The van der Waals surface area contributed by atoms with Crippen LogP contribution in [0.15, 0.2) is 12.2 Å². The average Bonchev–Trinajstić information content (AvgIpc) is 3.72. The van der Waals surface area contributed by atoms with E-state index in [2.05, 4.69) is 31.3 Å². The zero-order valence-corrected chi connectivity index (χ0v) is 62.4. The number of aliphatic hydroxyl groups excluding tert-OH is 2. The average molecular weight is 1280 g/mol. The molecule has 0 aromatic rings. The molecule has 0 saturated carbocycles. The highest BCUT2D eigenvalue weighted by atomic mass is 16.5. The first-order chi connectivity index (χ1) is 45.0. The van der Waals surface area contributed by atoms with E-state index in [1.165, 1.54) is 424 Å². The molecular weight excluding hydrogens is 1110 g/mol. The fourth-order valence-electron chi connectivity index (χ4n) is 13.9. The van der Waals surface area contributed by atoms with Gasteiger partial charge in [0.2, 0.25) is 5.91 Å². The van der Waals surface area contributed by atoms with Gasteiger partial charge < -0.3 is 20.3 Å². The molecule has 3 N–H and O–H groups in total. The van der Waals surface area contributed by atoms with Crippen LogP contribution in [0, 0.1) is 0 Å². The molecule has 0 aliphatic heterocycles. The molecule has 0 saturated heterocycles. The third kappa shape index (κ3) is 77.5. The van der Waals surface area contributed by atoms with E-state index < -0.39 is 12.1 Å². The van der Waals surface area contributed by atoms with Crippen molar-refractivity contribution in [2.45, 2.75) is 508 Å². The van der Waals surface area contributed by atoms with Gasteiger partial charge in [0.15, 0.2) is 0 Å². The molecule has 0 radical (unpaired) electrons. The molecule has 0 rings (SSSR count). The van der Waals surface area contributed by atoms with Gasteiger partial charge in [0.1, 0.15) is 0 Å². The molecule has 2 unspecified atom stereocenters. The van der Waals surface area contributed by atoms with Crippen molar-refractivity contribution in [2.24, 2.45) is 0 Å². The van der Waals surface area contributed by atoms with Gasteiger partial charge in [-0.1, -0.05) is 443 Å². The summed E-state index contributed by atoms with van der Waals surface area (Å²) in [7, 11) is 0. The van der Waals surface area contributed by atoms with Crippen LogP contribution in [0.1, 0.15) is 495 Å². The van der Waals surface area contributed by atoms with E-state index in [-0.39, 0.29) is 18.5 Å². The number of unbranched alkanes of at least 4 members (excludes halogenated alkanes) is 68. The van der Waals surface area contributed by atoms with Gasteiger partial charge in [0.05, 0.1) is 25.4 Å². The summed E-state index contributed by atoms with van der Waals surface area (Å²) in [6.07, 6.45) is 103. The predicted molar refractivity (Wildman–Crippen MR) is 403 cm³/mol. The minimum atomic E-state index is -0.662. The highest BCUT2D eigenvalue weighted by molar-refractivity contribution is 5.76. The second-order valence-corrected chi connectivity index (χ2v) is 29.5. The molecule has 0 aromatic carbocycles. The second-order valence-electron chi connectivity index (χ2n) is 29.5. The zero-order chi connectivity index (χ0) is 65.6. The van der Waals surface area contributed by atoms with Gasteiger partial charge in [-0.15, -0.1) is 0 Å². The second kappa shape index (κ2) is 81.0. The van der Waals surface area contributed by atoms with Gasteiger partial charge in [0.25, 0.3) is 0 Å². The van der Waals surface area contributed by atoms with E-state index in [4.69, 9.17) is 4.74 Å². The van der Waals surface area contributed by atoms with Gasteiger partial charge in [-0.25, -0.2) is 0 Å². The number of carbonyl (C=O) groups excluding carboxylic acids is 2. The molecule has 0 bridgehead atoms. The lowest BCUT2D eigenvalue weighted by Crippen LogP contribution is -2.45. The lowest BCUT2D eigenvalue weighted by Gasteiger charge is -2.22. The molecule has 91 heavy (non-hydrogen) atoms. The van der Waals surface area contributed by atoms with E-state index in [1.54, 1.807) is 0 Å². The molecule has 542 valence electrons. The lowest BCUT2D eigenvalue weighted by atomic mass is 10.0. The number of hydrogen-bond acceptors (Lipinski definition) is 5. The first-order valence-corrected chi connectivity index (χ1v) is 42.4. The minimum absolute atomic E-state index is 0.0256. The number of esters is 1. The quantitative estimate of drug-likeness (QED) is 0.0320. The van der Waals surface area contributed by atoms with Crippen molar-refractivity contribution in [1.82, 2.24) is 5.32 Å². The lowest BCUT2D eigenvalue weighted by molar-refractivity contribution is -0.143. The Morgan fingerprint density at radius 3 is 0.780 bits per heavy atom. The Morgan fingerprint density at radius 1 is 0.297 bits per heavy atom.